The quantitative estimate of drug-likeness (QED) is 0.260. The van der Waals surface area contributed by atoms with E-state index in [0.29, 0.717) is 6.42 Å². The normalized spacial score (nSPS) is 22.3. The minimum atomic E-state index is 0. The Morgan fingerprint density at radius 2 is 1.86 bits per heavy atom. The van der Waals surface area contributed by atoms with Gasteiger partial charge in [-0.15, -0.1) is 12.4 Å². The van der Waals surface area contributed by atoms with Gasteiger partial charge in [0.15, 0.2) is 0 Å². The van der Waals surface area contributed by atoms with Gasteiger partial charge < -0.3 is 20.9 Å². The predicted molar refractivity (Wildman–Crippen MR) is 177 cm³/mol. The van der Waals surface area contributed by atoms with Crippen molar-refractivity contribution in [3.63, 3.8) is 0 Å². The SMILES string of the molecule is Cc1cccc(C(CC(=O)NC2CCC(N)CC2)c2cn(CC3CCCCC3)c3ccc(C4=CCNCC4)cc23)c1.Cl. The van der Waals surface area contributed by atoms with Crippen molar-refractivity contribution in [3.05, 3.63) is 77.0 Å². The number of rotatable bonds is 8. The number of benzene rings is 2. The molecule has 2 aromatic carbocycles. The van der Waals surface area contributed by atoms with Gasteiger partial charge in [0, 0.05) is 54.6 Å². The van der Waals surface area contributed by atoms with Crippen LogP contribution >= 0.6 is 12.4 Å². The third-order valence-electron chi connectivity index (χ3n) is 9.87. The highest BCUT2D eigenvalue weighted by Crippen LogP contribution is 2.38. The van der Waals surface area contributed by atoms with E-state index in [1.807, 2.05) is 0 Å². The highest BCUT2D eigenvalue weighted by atomic mass is 35.5. The van der Waals surface area contributed by atoms with Gasteiger partial charge in [0.25, 0.3) is 0 Å². The lowest BCUT2D eigenvalue weighted by Crippen LogP contribution is -2.40. The maximum atomic E-state index is 13.6. The van der Waals surface area contributed by atoms with Crippen molar-refractivity contribution >= 4 is 34.8 Å². The summed E-state index contributed by atoms with van der Waals surface area (Å²) in [7, 11) is 0. The van der Waals surface area contributed by atoms with Crippen molar-refractivity contribution in [3.8, 4) is 0 Å². The first-order valence-electron chi connectivity index (χ1n) is 16.2. The lowest BCUT2D eigenvalue weighted by molar-refractivity contribution is -0.122. The summed E-state index contributed by atoms with van der Waals surface area (Å²) in [5, 5.41) is 8.15. The minimum absolute atomic E-state index is 0. The smallest absolute Gasteiger partial charge is 0.221 e. The van der Waals surface area contributed by atoms with Gasteiger partial charge in [-0.25, -0.2) is 0 Å². The van der Waals surface area contributed by atoms with Crippen molar-refractivity contribution in [1.82, 2.24) is 15.2 Å². The first-order chi connectivity index (χ1) is 20.0. The third-order valence-corrected chi connectivity index (χ3v) is 9.87. The first-order valence-corrected chi connectivity index (χ1v) is 16.2. The Balaban J connectivity index is 0.00000353. The summed E-state index contributed by atoms with van der Waals surface area (Å²) in [6.45, 7) is 5.18. The van der Waals surface area contributed by atoms with Crippen molar-refractivity contribution in [2.75, 3.05) is 13.1 Å². The zero-order valence-corrected chi connectivity index (χ0v) is 26.1. The van der Waals surface area contributed by atoms with Crippen LogP contribution in [-0.2, 0) is 11.3 Å². The number of nitrogens with one attached hydrogen (secondary N) is 2. The Morgan fingerprint density at radius 1 is 1.05 bits per heavy atom. The number of fused-ring (bicyclic) bond motifs is 1. The second-order valence-electron chi connectivity index (χ2n) is 13.0. The van der Waals surface area contributed by atoms with Crippen LogP contribution in [0.5, 0.6) is 0 Å². The average molecular weight is 589 g/mol. The van der Waals surface area contributed by atoms with E-state index in [-0.39, 0.29) is 36.3 Å². The molecule has 1 unspecified atom stereocenters. The molecule has 1 amide bonds. The number of aryl methyl sites for hydroxylation is 1. The van der Waals surface area contributed by atoms with E-state index in [1.54, 1.807) is 0 Å². The summed E-state index contributed by atoms with van der Waals surface area (Å²) in [6.07, 6.45) is 16.9. The molecule has 3 aromatic rings. The second kappa shape index (κ2) is 14.2. The Hall–Kier alpha value is -2.60. The molecule has 2 heterocycles. The molecule has 226 valence electrons. The van der Waals surface area contributed by atoms with Crippen molar-refractivity contribution < 1.29 is 4.79 Å². The number of hydrogen-bond donors (Lipinski definition) is 3. The van der Waals surface area contributed by atoms with Gasteiger partial charge in [0.1, 0.15) is 0 Å². The van der Waals surface area contributed by atoms with Gasteiger partial charge >= 0.3 is 0 Å². The van der Waals surface area contributed by atoms with Crippen LogP contribution in [0.25, 0.3) is 16.5 Å². The molecule has 0 bridgehead atoms. The summed E-state index contributed by atoms with van der Waals surface area (Å²) < 4.78 is 2.52. The van der Waals surface area contributed by atoms with E-state index in [9.17, 15) is 4.79 Å². The molecule has 1 atom stereocenters. The molecule has 4 N–H and O–H groups in total. The molecule has 2 fully saturated rings. The number of carbonyl (C=O) groups is 1. The summed E-state index contributed by atoms with van der Waals surface area (Å²) in [5.74, 6) is 0.896. The van der Waals surface area contributed by atoms with Crippen LogP contribution in [0, 0.1) is 12.8 Å². The molecule has 6 rings (SSSR count). The van der Waals surface area contributed by atoms with Crippen LogP contribution in [0.2, 0.25) is 0 Å². The van der Waals surface area contributed by atoms with Gasteiger partial charge in [0.2, 0.25) is 5.91 Å². The zero-order valence-electron chi connectivity index (χ0n) is 25.2. The molecular weight excluding hydrogens is 540 g/mol. The molecule has 42 heavy (non-hydrogen) atoms. The van der Waals surface area contributed by atoms with E-state index in [2.05, 4.69) is 76.9 Å². The predicted octanol–water partition coefficient (Wildman–Crippen LogP) is 7.24. The molecule has 1 aromatic heterocycles. The average Bonchev–Trinajstić information content (AvgIpc) is 3.35. The largest absolute Gasteiger partial charge is 0.353 e. The number of amides is 1. The first kappa shape index (κ1) is 30.8. The van der Waals surface area contributed by atoms with Crippen molar-refractivity contribution in [2.24, 2.45) is 11.7 Å². The fourth-order valence-corrected chi connectivity index (χ4v) is 7.52. The fraction of sp³-hybridized carbons (Fsp3) is 0.528. The van der Waals surface area contributed by atoms with E-state index < -0.39 is 0 Å². The minimum Gasteiger partial charge on any atom is -0.353 e. The number of nitrogens with zero attached hydrogens (tertiary/aromatic N) is 1. The fourth-order valence-electron chi connectivity index (χ4n) is 7.52. The van der Waals surface area contributed by atoms with E-state index in [4.69, 9.17) is 5.73 Å². The summed E-state index contributed by atoms with van der Waals surface area (Å²) in [4.78, 5) is 13.6. The molecular formula is C36H49ClN4O. The van der Waals surface area contributed by atoms with Crippen LogP contribution < -0.4 is 16.4 Å². The number of hydrogen-bond acceptors (Lipinski definition) is 3. The van der Waals surface area contributed by atoms with Gasteiger partial charge in [0.05, 0.1) is 0 Å². The number of carbonyl (C=O) groups excluding carboxylic acids is 1. The van der Waals surface area contributed by atoms with Crippen LogP contribution in [0.1, 0.15) is 98.8 Å². The maximum absolute atomic E-state index is 13.6. The van der Waals surface area contributed by atoms with Gasteiger partial charge in [-0.2, -0.15) is 0 Å². The summed E-state index contributed by atoms with van der Waals surface area (Å²) in [6, 6.07) is 16.4. The second-order valence-corrected chi connectivity index (χ2v) is 13.0. The van der Waals surface area contributed by atoms with E-state index in [1.165, 1.54) is 70.8 Å². The Bertz CT molecular complexity index is 1380. The maximum Gasteiger partial charge on any atom is 0.221 e. The van der Waals surface area contributed by atoms with Crippen LogP contribution in [-0.4, -0.2) is 35.6 Å². The number of halogens is 1. The lowest BCUT2D eigenvalue weighted by atomic mass is 9.86. The van der Waals surface area contributed by atoms with Crippen molar-refractivity contribution in [2.45, 2.75) is 102 Å². The molecule has 1 aliphatic heterocycles. The van der Waals surface area contributed by atoms with Gasteiger partial charge in [-0.1, -0.05) is 61.2 Å². The van der Waals surface area contributed by atoms with E-state index >= 15 is 0 Å². The standard InChI is InChI=1S/C36H48N4O.ClH/c1-25-6-5-9-29(20-25)32(22-36(41)39-31-13-11-30(37)12-14-31)34-24-40(23-26-7-3-2-4-8-26)35-15-10-28(21-33(34)35)27-16-18-38-19-17-27;/h5-6,9-10,15-16,20-21,24,26,30-32,38H,2-4,7-8,11-14,17-19,22-23,37H2,1H3,(H,39,41);1H. The highest BCUT2D eigenvalue weighted by molar-refractivity contribution is 5.90. The van der Waals surface area contributed by atoms with Gasteiger partial charge in [-0.3, -0.25) is 4.79 Å². The summed E-state index contributed by atoms with van der Waals surface area (Å²) >= 11 is 0. The Kier molecular flexibility index (Phi) is 10.5. The molecule has 0 radical (unpaired) electrons. The van der Waals surface area contributed by atoms with Crippen LogP contribution in [0.15, 0.2) is 54.7 Å². The molecule has 5 nitrogen and oxygen atoms in total. The molecule has 3 aliphatic rings. The van der Waals surface area contributed by atoms with Crippen LogP contribution in [0.3, 0.4) is 0 Å². The summed E-state index contributed by atoms with van der Waals surface area (Å²) in [5.41, 5.74) is 14.0. The number of aromatic nitrogens is 1. The molecule has 2 aliphatic carbocycles. The molecule has 2 saturated carbocycles. The molecule has 0 saturated heterocycles. The Morgan fingerprint density at radius 3 is 2.60 bits per heavy atom. The Labute approximate surface area is 258 Å². The van der Waals surface area contributed by atoms with Crippen molar-refractivity contribution in [1.29, 1.82) is 0 Å². The lowest BCUT2D eigenvalue weighted by Gasteiger charge is -2.27. The molecule has 6 heteroatoms. The highest BCUT2D eigenvalue weighted by Gasteiger charge is 2.27. The molecule has 0 spiro atoms. The topological polar surface area (TPSA) is 72.1 Å². The van der Waals surface area contributed by atoms with Crippen LogP contribution in [0.4, 0.5) is 0 Å². The third kappa shape index (κ3) is 7.30. The van der Waals surface area contributed by atoms with E-state index in [0.717, 1.165) is 57.7 Å². The van der Waals surface area contributed by atoms with Gasteiger partial charge in [-0.05, 0) is 98.7 Å². The zero-order chi connectivity index (χ0) is 28.2. The monoisotopic (exact) mass is 588 g/mol. The number of nitrogens with two attached hydrogens (primary N) is 1.